The van der Waals surface area contributed by atoms with E-state index < -0.39 is 0 Å². The van der Waals surface area contributed by atoms with Gasteiger partial charge < -0.3 is 5.32 Å². The zero-order valence-electron chi connectivity index (χ0n) is 12.1. The van der Waals surface area contributed by atoms with E-state index in [0.717, 1.165) is 21.5 Å². The molecular weight excluding hydrogens is 318 g/mol. The molecule has 0 fully saturated rings. The van der Waals surface area contributed by atoms with Crippen LogP contribution in [0.25, 0.3) is 0 Å². The molecular formula is C15H18BrN3O. The summed E-state index contributed by atoms with van der Waals surface area (Å²) < 4.78 is 2.70. The van der Waals surface area contributed by atoms with Gasteiger partial charge in [-0.3, -0.25) is 9.48 Å². The lowest BCUT2D eigenvalue weighted by Gasteiger charge is -2.10. The number of hydrogen-bond donors (Lipinski definition) is 1. The van der Waals surface area contributed by atoms with Gasteiger partial charge in [0.15, 0.2) is 0 Å². The SMILES string of the molecule is Cc1nn(C(C)C)c(C)c1NC(=O)c1ccccc1Br. The summed E-state index contributed by atoms with van der Waals surface area (Å²) in [4.78, 5) is 12.3. The van der Waals surface area contributed by atoms with Crippen LogP contribution in [0.1, 0.15) is 41.6 Å². The Hall–Kier alpha value is -1.62. The summed E-state index contributed by atoms with van der Waals surface area (Å²) >= 11 is 3.39. The fourth-order valence-corrected chi connectivity index (χ4v) is 2.64. The van der Waals surface area contributed by atoms with Crippen molar-refractivity contribution < 1.29 is 4.79 Å². The second-order valence-corrected chi connectivity index (χ2v) is 5.87. The van der Waals surface area contributed by atoms with Crippen LogP contribution < -0.4 is 5.32 Å². The van der Waals surface area contributed by atoms with Crippen molar-refractivity contribution in [2.24, 2.45) is 0 Å². The van der Waals surface area contributed by atoms with Crippen molar-refractivity contribution in [3.8, 4) is 0 Å². The first-order valence-corrected chi connectivity index (χ1v) is 7.32. The molecule has 20 heavy (non-hydrogen) atoms. The minimum Gasteiger partial charge on any atom is -0.319 e. The molecule has 0 spiro atoms. The molecule has 0 atom stereocenters. The fourth-order valence-electron chi connectivity index (χ4n) is 2.17. The van der Waals surface area contributed by atoms with Gasteiger partial charge in [-0.15, -0.1) is 0 Å². The van der Waals surface area contributed by atoms with E-state index in [0.29, 0.717) is 5.56 Å². The lowest BCUT2D eigenvalue weighted by molar-refractivity contribution is 0.102. The number of rotatable bonds is 3. The highest BCUT2D eigenvalue weighted by Gasteiger charge is 2.17. The van der Waals surface area contributed by atoms with Crippen LogP contribution in [0, 0.1) is 13.8 Å². The predicted molar refractivity (Wildman–Crippen MR) is 84.2 cm³/mol. The van der Waals surface area contributed by atoms with Gasteiger partial charge in [-0.1, -0.05) is 12.1 Å². The number of amides is 1. The number of carbonyl (C=O) groups excluding carboxylic acids is 1. The van der Waals surface area contributed by atoms with E-state index in [4.69, 9.17) is 0 Å². The molecule has 1 N–H and O–H groups in total. The normalized spacial score (nSPS) is 10.9. The number of benzene rings is 1. The first-order chi connectivity index (χ1) is 9.41. The van der Waals surface area contributed by atoms with E-state index in [1.54, 1.807) is 6.07 Å². The average molecular weight is 336 g/mol. The Morgan fingerprint density at radius 3 is 2.50 bits per heavy atom. The third-order valence-electron chi connectivity index (χ3n) is 3.17. The van der Waals surface area contributed by atoms with Crippen molar-refractivity contribution in [3.63, 3.8) is 0 Å². The van der Waals surface area contributed by atoms with Gasteiger partial charge in [0.1, 0.15) is 0 Å². The monoisotopic (exact) mass is 335 g/mol. The molecule has 0 aliphatic heterocycles. The van der Waals surface area contributed by atoms with E-state index in [1.165, 1.54) is 0 Å². The maximum atomic E-state index is 12.3. The predicted octanol–water partition coefficient (Wildman–Crippen LogP) is 4.10. The Morgan fingerprint density at radius 2 is 1.95 bits per heavy atom. The number of carbonyl (C=O) groups is 1. The molecule has 0 aliphatic rings. The van der Waals surface area contributed by atoms with Crippen molar-refractivity contribution in [2.75, 3.05) is 5.32 Å². The zero-order valence-corrected chi connectivity index (χ0v) is 13.7. The molecule has 0 aliphatic carbocycles. The maximum absolute atomic E-state index is 12.3. The molecule has 1 amide bonds. The second kappa shape index (κ2) is 5.79. The lowest BCUT2D eigenvalue weighted by Crippen LogP contribution is -2.14. The van der Waals surface area contributed by atoms with E-state index in [9.17, 15) is 4.79 Å². The van der Waals surface area contributed by atoms with Gasteiger partial charge in [-0.25, -0.2) is 0 Å². The van der Waals surface area contributed by atoms with E-state index >= 15 is 0 Å². The molecule has 0 bridgehead atoms. The minimum atomic E-state index is -0.132. The first-order valence-electron chi connectivity index (χ1n) is 6.53. The third kappa shape index (κ3) is 2.77. The number of aromatic nitrogens is 2. The summed E-state index contributed by atoms with van der Waals surface area (Å²) in [6.07, 6.45) is 0. The number of halogens is 1. The zero-order chi connectivity index (χ0) is 14.9. The van der Waals surface area contributed by atoms with Crippen LogP contribution >= 0.6 is 15.9 Å². The van der Waals surface area contributed by atoms with Crippen LogP contribution in [0.15, 0.2) is 28.7 Å². The standard InChI is InChI=1S/C15H18BrN3O/c1-9(2)19-11(4)14(10(3)18-19)17-15(20)12-7-5-6-8-13(12)16/h5-9H,1-4H3,(H,17,20). The summed E-state index contributed by atoms with van der Waals surface area (Å²) in [5.41, 5.74) is 3.21. The smallest absolute Gasteiger partial charge is 0.256 e. The molecule has 0 saturated heterocycles. The largest absolute Gasteiger partial charge is 0.319 e. The van der Waals surface area contributed by atoms with Crippen molar-refractivity contribution in [1.29, 1.82) is 0 Å². The number of nitrogens with zero attached hydrogens (tertiary/aromatic N) is 2. The molecule has 0 saturated carbocycles. The molecule has 0 unspecified atom stereocenters. The molecule has 2 aromatic rings. The van der Waals surface area contributed by atoms with Crippen LogP contribution in [-0.2, 0) is 0 Å². The number of anilines is 1. The van der Waals surface area contributed by atoms with Crippen molar-refractivity contribution in [2.45, 2.75) is 33.7 Å². The summed E-state index contributed by atoms with van der Waals surface area (Å²) in [6, 6.07) is 7.64. The minimum absolute atomic E-state index is 0.132. The van der Waals surface area contributed by atoms with Gasteiger partial charge in [0.2, 0.25) is 0 Å². The fraction of sp³-hybridized carbons (Fsp3) is 0.333. The van der Waals surface area contributed by atoms with Crippen molar-refractivity contribution in [1.82, 2.24) is 9.78 Å². The highest BCUT2D eigenvalue weighted by atomic mass is 79.9. The Labute approximate surface area is 127 Å². The molecule has 2 rings (SSSR count). The van der Waals surface area contributed by atoms with Gasteiger partial charge >= 0.3 is 0 Å². The number of hydrogen-bond acceptors (Lipinski definition) is 2. The van der Waals surface area contributed by atoms with E-state index in [2.05, 4.69) is 40.2 Å². The third-order valence-corrected chi connectivity index (χ3v) is 3.86. The van der Waals surface area contributed by atoms with Gasteiger partial charge in [0.05, 0.1) is 22.6 Å². The number of aryl methyl sites for hydroxylation is 1. The summed E-state index contributed by atoms with van der Waals surface area (Å²) in [5.74, 6) is -0.132. The molecule has 1 heterocycles. The van der Waals surface area contributed by atoms with E-state index in [-0.39, 0.29) is 11.9 Å². The van der Waals surface area contributed by atoms with Crippen molar-refractivity contribution in [3.05, 3.63) is 45.7 Å². The van der Waals surface area contributed by atoms with Gasteiger partial charge in [-0.2, -0.15) is 5.10 Å². The van der Waals surface area contributed by atoms with E-state index in [1.807, 2.05) is 36.7 Å². The molecule has 1 aromatic heterocycles. The van der Waals surface area contributed by atoms with Crippen LogP contribution in [0.3, 0.4) is 0 Å². The number of nitrogens with one attached hydrogen (secondary N) is 1. The van der Waals surface area contributed by atoms with Crippen LogP contribution in [0.2, 0.25) is 0 Å². The van der Waals surface area contributed by atoms with Gasteiger partial charge in [0, 0.05) is 10.5 Å². The summed E-state index contributed by atoms with van der Waals surface area (Å²) in [7, 11) is 0. The summed E-state index contributed by atoms with van der Waals surface area (Å²) in [5, 5.41) is 7.43. The molecule has 0 radical (unpaired) electrons. The average Bonchev–Trinajstić information content (AvgIpc) is 2.67. The van der Waals surface area contributed by atoms with Crippen LogP contribution in [0.5, 0.6) is 0 Å². The highest BCUT2D eigenvalue weighted by molar-refractivity contribution is 9.10. The Balaban J connectivity index is 2.31. The maximum Gasteiger partial charge on any atom is 0.256 e. The summed E-state index contributed by atoms with van der Waals surface area (Å²) in [6.45, 7) is 8.01. The topological polar surface area (TPSA) is 46.9 Å². The molecule has 1 aromatic carbocycles. The Kier molecular flexibility index (Phi) is 4.28. The molecule has 4 nitrogen and oxygen atoms in total. The molecule has 5 heteroatoms. The Morgan fingerprint density at radius 1 is 1.30 bits per heavy atom. The molecule has 106 valence electrons. The lowest BCUT2D eigenvalue weighted by atomic mass is 10.2. The quantitative estimate of drug-likeness (QED) is 0.917. The van der Waals surface area contributed by atoms with Gasteiger partial charge in [0.25, 0.3) is 5.91 Å². The van der Waals surface area contributed by atoms with Gasteiger partial charge in [-0.05, 0) is 55.8 Å². The van der Waals surface area contributed by atoms with Crippen molar-refractivity contribution >= 4 is 27.5 Å². The second-order valence-electron chi connectivity index (χ2n) is 5.02. The highest BCUT2D eigenvalue weighted by Crippen LogP contribution is 2.24. The Bertz CT molecular complexity index is 647. The van der Waals surface area contributed by atoms with Crippen LogP contribution in [0.4, 0.5) is 5.69 Å². The first kappa shape index (κ1) is 14.8. The van der Waals surface area contributed by atoms with Crippen LogP contribution in [-0.4, -0.2) is 15.7 Å².